The maximum Gasteiger partial charge on any atom is 0.193 e. The summed E-state index contributed by atoms with van der Waals surface area (Å²) in [6.07, 6.45) is 3.73. The van der Waals surface area contributed by atoms with Gasteiger partial charge in [0.05, 0.1) is 6.61 Å². The molecule has 0 aromatic rings. The molecule has 0 amide bonds. The van der Waals surface area contributed by atoms with E-state index in [1.807, 2.05) is 0 Å². The van der Waals surface area contributed by atoms with E-state index in [2.05, 4.69) is 6.58 Å². The van der Waals surface area contributed by atoms with Gasteiger partial charge in [0.25, 0.3) is 0 Å². The van der Waals surface area contributed by atoms with Gasteiger partial charge in [0.15, 0.2) is 11.5 Å². The second-order valence-electron chi connectivity index (χ2n) is 3.06. The van der Waals surface area contributed by atoms with E-state index in [1.165, 1.54) is 19.8 Å². The van der Waals surface area contributed by atoms with Crippen LogP contribution in [0.15, 0.2) is 12.3 Å². The van der Waals surface area contributed by atoms with E-state index < -0.39 is 0 Å². The summed E-state index contributed by atoms with van der Waals surface area (Å²) in [5.74, 6) is 1.08. The first-order chi connectivity index (χ1) is 5.20. The van der Waals surface area contributed by atoms with Crippen molar-refractivity contribution in [3.63, 3.8) is 0 Å². The molecule has 0 aliphatic heterocycles. The Hall–Kier alpha value is -0.790. The molecular formula is C9H14O2. The number of carbonyl (C=O) groups excluding carboxylic acids is 1. The minimum Gasteiger partial charge on any atom is -0.490 e. The van der Waals surface area contributed by atoms with Gasteiger partial charge in [0.1, 0.15) is 0 Å². The molecule has 11 heavy (non-hydrogen) atoms. The molecule has 1 fully saturated rings. The fraction of sp³-hybridized carbons (Fsp3) is 0.667. The van der Waals surface area contributed by atoms with E-state index in [-0.39, 0.29) is 5.78 Å². The topological polar surface area (TPSA) is 26.3 Å². The largest absolute Gasteiger partial charge is 0.490 e. The summed E-state index contributed by atoms with van der Waals surface area (Å²) < 4.78 is 5.11. The second kappa shape index (κ2) is 3.56. The van der Waals surface area contributed by atoms with Gasteiger partial charge < -0.3 is 4.74 Å². The predicted octanol–water partition coefficient (Wildman–Crippen LogP) is 1.91. The molecule has 0 bridgehead atoms. The summed E-state index contributed by atoms with van der Waals surface area (Å²) in [5, 5.41) is 0. The van der Waals surface area contributed by atoms with Crippen LogP contribution in [0.5, 0.6) is 0 Å². The molecule has 0 unspecified atom stereocenters. The lowest BCUT2D eigenvalue weighted by atomic mass is 10.3. The lowest BCUT2D eigenvalue weighted by molar-refractivity contribution is -0.116. The van der Waals surface area contributed by atoms with Crippen LogP contribution in [0.25, 0.3) is 0 Å². The van der Waals surface area contributed by atoms with Gasteiger partial charge in [-0.2, -0.15) is 0 Å². The third kappa shape index (κ3) is 3.21. The summed E-state index contributed by atoms with van der Waals surface area (Å²) in [4.78, 5) is 10.6. The highest BCUT2D eigenvalue weighted by atomic mass is 16.5. The standard InChI is InChI=1S/C9H14O2/c1-7(10)8(2)11-6-5-9-3-4-9/h9H,2-6H2,1H3. The van der Waals surface area contributed by atoms with E-state index in [1.54, 1.807) is 0 Å². The SMILES string of the molecule is C=C(OCCC1CC1)C(C)=O. The normalized spacial score (nSPS) is 16.1. The molecule has 0 radical (unpaired) electrons. The minimum absolute atomic E-state index is 0.0687. The van der Waals surface area contributed by atoms with Gasteiger partial charge in [-0.05, 0) is 12.3 Å². The van der Waals surface area contributed by atoms with Crippen molar-refractivity contribution in [2.45, 2.75) is 26.2 Å². The Bertz CT molecular complexity index is 168. The van der Waals surface area contributed by atoms with Gasteiger partial charge in [0, 0.05) is 6.92 Å². The van der Waals surface area contributed by atoms with Crippen LogP contribution in [0.1, 0.15) is 26.2 Å². The first kappa shape index (κ1) is 8.31. The molecule has 0 aromatic carbocycles. The molecule has 1 saturated carbocycles. The highest BCUT2D eigenvalue weighted by Gasteiger charge is 2.20. The van der Waals surface area contributed by atoms with Crippen LogP contribution < -0.4 is 0 Å². The predicted molar refractivity (Wildman–Crippen MR) is 43.1 cm³/mol. The zero-order valence-electron chi connectivity index (χ0n) is 6.93. The van der Waals surface area contributed by atoms with Crippen molar-refractivity contribution >= 4 is 5.78 Å². The molecule has 1 aliphatic carbocycles. The summed E-state index contributed by atoms with van der Waals surface area (Å²) >= 11 is 0. The molecule has 0 heterocycles. The first-order valence-electron chi connectivity index (χ1n) is 4.03. The van der Waals surface area contributed by atoms with Crippen LogP contribution in [0, 0.1) is 5.92 Å². The van der Waals surface area contributed by atoms with Gasteiger partial charge in [-0.25, -0.2) is 0 Å². The lowest BCUT2D eigenvalue weighted by Crippen LogP contribution is -2.02. The molecular weight excluding hydrogens is 140 g/mol. The second-order valence-corrected chi connectivity index (χ2v) is 3.06. The van der Waals surface area contributed by atoms with E-state index in [0.29, 0.717) is 12.4 Å². The van der Waals surface area contributed by atoms with Crippen LogP contribution in [-0.2, 0) is 9.53 Å². The summed E-state index contributed by atoms with van der Waals surface area (Å²) in [7, 11) is 0. The number of ether oxygens (including phenoxy) is 1. The highest BCUT2D eigenvalue weighted by molar-refractivity contribution is 5.90. The highest BCUT2D eigenvalue weighted by Crippen LogP contribution is 2.32. The van der Waals surface area contributed by atoms with Gasteiger partial charge >= 0.3 is 0 Å². The fourth-order valence-corrected chi connectivity index (χ4v) is 0.857. The van der Waals surface area contributed by atoms with E-state index in [4.69, 9.17) is 4.74 Å². The summed E-state index contributed by atoms with van der Waals surface area (Å²) in [5.41, 5.74) is 0. The Morgan fingerprint density at radius 3 is 2.73 bits per heavy atom. The van der Waals surface area contributed by atoms with Crippen LogP contribution in [0.4, 0.5) is 0 Å². The quantitative estimate of drug-likeness (QED) is 0.446. The molecule has 0 N–H and O–H groups in total. The van der Waals surface area contributed by atoms with E-state index in [9.17, 15) is 4.79 Å². The number of hydrogen-bond acceptors (Lipinski definition) is 2. The zero-order chi connectivity index (χ0) is 8.27. The average Bonchev–Trinajstić information content (AvgIpc) is 2.71. The van der Waals surface area contributed by atoms with Crippen molar-refractivity contribution in [2.24, 2.45) is 5.92 Å². The van der Waals surface area contributed by atoms with Gasteiger partial charge in [-0.15, -0.1) is 0 Å². The molecule has 1 rings (SSSR count). The molecule has 1 aliphatic rings. The third-order valence-electron chi connectivity index (χ3n) is 1.89. The van der Waals surface area contributed by atoms with Crippen molar-refractivity contribution in [3.05, 3.63) is 12.3 Å². The van der Waals surface area contributed by atoms with E-state index in [0.717, 1.165) is 12.3 Å². The number of carbonyl (C=O) groups is 1. The summed E-state index contributed by atoms with van der Waals surface area (Å²) in [6.45, 7) is 5.63. The Morgan fingerprint density at radius 2 is 2.27 bits per heavy atom. The third-order valence-corrected chi connectivity index (χ3v) is 1.89. The number of allylic oxidation sites excluding steroid dienone is 1. The maximum absolute atomic E-state index is 10.6. The Labute approximate surface area is 67.2 Å². The molecule has 62 valence electrons. The number of Topliss-reactive ketones (excluding diaryl/α,β-unsaturated/α-hetero) is 1. The van der Waals surface area contributed by atoms with Crippen molar-refractivity contribution < 1.29 is 9.53 Å². The molecule has 0 atom stereocenters. The van der Waals surface area contributed by atoms with Crippen molar-refractivity contribution in [1.29, 1.82) is 0 Å². The zero-order valence-corrected chi connectivity index (χ0v) is 6.93. The van der Waals surface area contributed by atoms with Crippen LogP contribution >= 0.6 is 0 Å². The van der Waals surface area contributed by atoms with E-state index >= 15 is 0 Å². The smallest absolute Gasteiger partial charge is 0.193 e. The van der Waals surface area contributed by atoms with Gasteiger partial charge in [-0.1, -0.05) is 19.4 Å². The lowest BCUT2D eigenvalue weighted by Gasteiger charge is -2.04. The van der Waals surface area contributed by atoms with Gasteiger partial charge in [0.2, 0.25) is 0 Å². The monoisotopic (exact) mass is 154 g/mol. The Morgan fingerprint density at radius 1 is 1.64 bits per heavy atom. The number of ketones is 1. The molecule has 0 aromatic heterocycles. The maximum atomic E-state index is 10.6. The van der Waals surface area contributed by atoms with Crippen LogP contribution in [-0.4, -0.2) is 12.4 Å². The van der Waals surface area contributed by atoms with Crippen molar-refractivity contribution in [1.82, 2.24) is 0 Å². The van der Waals surface area contributed by atoms with Gasteiger partial charge in [-0.3, -0.25) is 4.79 Å². The van der Waals surface area contributed by atoms with Crippen molar-refractivity contribution in [2.75, 3.05) is 6.61 Å². The fourth-order valence-electron chi connectivity index (χ4n) is 0.857. The molecule has 0 spiro atoms. The summed E-state index contributed by atoms with van der Waals surface area (Å²) in [6, 6.07) is 0. The number of hydrogen-bond donors (Lipinski definition) is 0. The average molecular weight is 154 g/mol. The van der Waals surface area contributed by atoms with Crippen molar-refractivity contribution in [3.8, 4) is 0 Å². The molecule has 2 heteroatoms. The molecule has 0 saturated heterocycles. The number of rotatable bonds is 5. The Balaban J connectivity index is 2.01. The van der Waals surface area contributed by atoms with Crippen LogP contribution in [0.3, 0.4) is 0 Å². The van der Waals surface area contributed by atoms with Crippen LogP contribution in [0.2, 0.25) is 0 Å². The first-order valence-corrected chi connectivity index (χ1v) is 4.03. The minimum atomic E-state index is -0.0687. The Kier molecular flexibility index (Phi) is 2.69. The molecule has 2 nitrogen and oxygen atoms in total.